The quantitative estimate of drug-likeness (QED) is 0.686. The van der Waals surface area contributed by atoms with E-state index in [-0.39, 0.29) is 5.91 Å². The van der Waals surface area contributed by atoms with Crippen molar-refractivity contribution in [2.75, 3.05) is 47.3 Å². The lowest BCUT2D eigenvalue weighted by atomic mass is 10.2. The third-order valence-electron chi connectivity index (χ3n) is 3.60. The number of nitrogens with zero attached hydrogens (tertiary/aromatic N) is 4. The average molecular weight is 252 g/mol. The lowest BCUT2D eigenvalue weighted by Crippen LogP contribution is -2.34. The average Bonchev–Trinajstić information content (AvgIpc) is 2.81. The first-order chi connectivity index (χ1) is 8.54. The van der Waals surface area contributed by atoms with E-state index in [0.717, 1.165) is 19.6 Å². The zero-order chi connectivity index (χ0) is 13.5. The Morgan fingerprint density at radius 2 is 2.17 bits per heavy atom. The Morgan fingerprint density at radius 1 is 1.44 bits per heavy atom. The monoisotopic (exact) mass is 252 g/mol. The Kier molecular flexibility index (Phi) is 6.10. The molecule has 0 aromatic rings. The van der Waals surface area contributed by atoms with Crippen LogP contribution in [0, 0.1) is 11.3 Å². The van der Waals surface area contributed by atoms with Crippen LogP contribution in [0.2, 0.25) is 0 Å². The van der Waals surface area contributed by atoms with E-state index in [1.807, 2.05) is 0 Å². The van der Waals surface area contributed by atoms with Gasteiger partial charge in [0.1, 0.15) is 0 Å². The third kappa shape index (κ3) is 4.63. The predicted octanol–water partition coefficient (Wildman–Crippen LogP) is 0.384. The molecule has 1 atom stereocenters. The van der Waals surface area contributed by atoms with Crippen molar-refractivity contribution in [2.45, 2.75) is 25.3 Å². The molecule has 1 saturated heterocycles. The smallest absolute Gasteiger partial charge is 0.223 e. The van der Waals surface area contributed by atoms with Crippen LogP contribution in [0.25, 0.3) is 0 Å². The molecule has 0 aliphatic carbocycles. The number of nitriles is 1. The highest BCUT2D eigenvalue weighted by Crippen LogP contribution is 2.13. The summed E-state index contributed by atoms with van der Waals surface area (Å²) >= 11 is 0. The highest BCUT2D eigenvalue weighted by molar-refractivity contribution is 5.76. The number of carbonyl (C=O) groups excluding carboxylic acids is 1. The molecule has 0 aromatic heterocycles. The molecule has 18 heavy (non-hydrogen) atoms. The molecular weight excluding hydrogens is 228 g/mol. The highest BCUT2D eigenvalue weighted by Gasteiger charge is 2.24. The van der Waals surface area contributed by atoms with E-state index < -0.39 is 0 Å². The van der Waals surface area contributed by atoms with E-state index in [2.05, 4.69) is 30.0 Å². The molecular formula is C13H24N4O. The normalized spacial score (nSPS) is 20.1. The molecule has 102 valence electrons. The zero-order valence-corrected chi connectivity index (χ0v) is 11.7. The lowest BCUT2D eigenvalue weighted by Gasteiger charge is -2.21. The van der Waals surface area contributed by atoms with Crippen molar-refractivity contribution in [3.05, 3.63) is 0 Å². The third-order valence-corrected chi connectivity index (χ3v) is 3.60. The van der Waals surface area contributed by atoms with Gasteiger partial charge in [0.25, 0.3) is 0 Å². The molecule has 1 fully saturated rings. The summed E-state index contributed by atoms with van der Waals surface area (Å²) in [5, 5.41) is 8.48. The second-order valence-electron chi connectivity index (χ2n) is 5.18. The number of rotatable bonds is 6. The van der Waals surface area contributed by atoms with Crippen LogP contribution in [0.1, 0.15) is 19.3 Å². The molecule has 0 N–H and O–H groups in total. The predicted molar refractivity (Wildman–Crippen MR) is 71.0 cm³/mol. The van der Waals surface area contributed by atoms with Gasteiger partial charge >= 0.3 is 0 Å². The van der Waals surface area contributed by atoms with Gasteiger partial charge in [0.15, 0.2) is 0 Å². The van der Waals surface area contributed by atoms with Crippen molar-refractivity contribution in [1.29, 1.82) is 5.26 Å². The fourth-order valence-corrected chi connectivity index (χ4v) is 2.22. The van der Waals surface area contributed by atoms with Crippen LogP contribution < -0.4 is 0 Å². The van der Waals surface area contributed by atoms with E-state index in [4.69, 9.17) is 5.26 Å². The number of likely N-dealkylation sites (N-methyl/N-ethyl adjacent to an activating group) is 1. The van der Waals surface area contributed by atoms with Gasteiger partial charge in [-0.1, -0.05) is 0 Å². The molecule has 0 aromatic carbocycles. The van der Waals surface area contributed by atoms with Crippen molar-refractivity contribution in [1.82, 2.24) is 14.7 Å². The number of hydrogen-bond acceptors (Lipinski definition) is 4. The maximum Gasteiger partial charge on any atom is 0.223 e. The largest absolute Gasteiger partial charge is 0.345 e. The van der Waals surface area contributed by atoms with Crippen molar-refractivity contribution in [2.24, 2.45) is 0 Å². The molecule has 1 heterocycles. The summed E-state index contributed by atoms with van der Waals surface area (Å²) in [7, 11) is 5.98. The second-order valence-corrected chi connectivity index (χ2v) is 5.18. The van der Waals surface area contributed by atoms with Crippen LogP contribution in [0.5, 0.6) is 0 Å². The summed E-state index contributed by atoms with van der Waals surface area (Å²) < 4.78 is 0. The topological polar surface area (TPSA) is 50.6 Å². The molecule has 0 radical (unpaired) electrons. The van der Waals surface area contributed by atoms with Gasteiger partial charge < -0.3 is 14.7 Å². The van der Waals surface area contributed by atoms with Gasteiger partial charge in [0, 0.05) is 39.1 Å². The summed E-state index contributed by atoms with van der Waals surface area (Å²) in [6, 6.07) is 2.68. The van der Waals surface area contributed by atoms with Crippen LogP contribution in [-0.2, 0) is 4.79 Å². The van der Waals surface area contributed by atoms with Gasteiger partial charge in [-0.05, 0) is 27.1 Å². The summed E-state index contributed by atoms with van der Waals surface area (Å²) in [6.07, 6.45) is 2.15. The van der Waals surface area contributed by atoms with E-state index >= 15 is 0 Å². The van der Waals surface area contributed by atoms with Crippen molar-refractivity contribution < 1.29 is 4.79 Å². The minimum absolute atomic E-state index is 0.138. The molecule has 1 rings (SSSR count). The fourth-order valence-electron chi connectivity index (χ4n) is 2.22. The Balaban J connectivity index is 2.21. The first-order valence-corrected chi connectivity index (χ1v) is 6.54. The van der Waals surface area contributed by atoms with Gasteiger partial charge in [0.2, 0.25) is 5.91 Å². The highest BCUT2D eigenvalue weighted by atomic mass is 16.2. The summed E-state index contributed by atoms with van der Waals surface area (Å²) in [6.45, 7) is 3.51. The maximum atomic E-state index is 11.8. The SMILES string of the molecule is CN(CCC#N)C(=O)CCN1CCC(N(C)C)C1. The molecule has 5 nitrogen and oxygen atoms in total. The Labute approximate surface area is 110 Å². The van der Waals surface area contributed by atoms with E-state index in [1.54, 1.807) is 11.9 Å². The van der Waals surface area contributed by atoms with Crippen LogP contribution in [0.15, 0.2) is 0 Å². The fraction of sp³-hybridized carbons (Fsp3) is 0.846. The molecule has 5 heteroatoms. The van der Waals surface area contributed by atoms with Gasteiger partial charge in [-0.25, -0.2) is 0 Å². The van der Waals surface area contributed by atoms with Crippen molar-refractivity contribution >= 4 is 5.91 Å². The Morgan fingerprint density at radius 3 is 2.72 bits per heavy atom. The lowest BCUT2D eigenvalue weighted by molar-refractivity contribution is -0.130. The van der Waals surface area contributed by atoms with Gasteiger partial charge in [-0.3, -0.25) is 4.79 Å². The van der Waals surface area contributed by atoms with Crippen LogP contribution in [-0.4, -0.2) is 74.0 Å². The van der Waals surface area contributed by atoms with Gasteiger partial charge in [0.05, 0.1) is 12.5 Å². The number of likely N-dealkylation sites (tertiary alicyclic amines) is 1. The Bertz CT molecular complexity index is 311. The first kappa shape index (κ1) is 14.9. The zero-order valence-electron chi connectivity index (χ0n) is 11.7. The van der Waals surface area contributed by atoms with E-state index in [0.29, 0.717) is 25.4 Å². The van der Waals surface area contributed by atoms with Crippen LogP contribution >= 0.6 is 0 Å². The Hall–Kier alpha value is -1.12. The standard InChI is InChI=1S/C13H24N4O/c1-15(2)12-5-9-17(11-12)10-6-13(18)16(3)8-4-7-14/h12H,4-6,8-11H2,1-3H3. The number of carbonyl (C=O) groups is 1. The van der Waals surface area contributed by atoms with Crippen molar-refractivity contribution in [3.8, 4) is 6.07 Å². The summed E-state index contributed by atoms with van der Waals surface area (Å²) in [5.74, 6) is 0.138. The van der Waals surface area contributed by atoms with Crippen molar-refractivity contribution in [3.63, 3.8) is 0 Å². The van der Waals surface area contributed by atoms with E-state index in [9.17, 15) is 4.79 Å². The second kappa shape index (κ2) is 7.34. The van der Waals surface area contributed by atoms with Gasteiger partial charge in [-0.2, -0.15) is 5.26 Å². The maximum absolute atomic E-state index is 11.8. The molecule has 1 aliphatic rings. The minimum Gasteiger partial charge on any atom is -0.345 e. The number of amides is 1. The van der Waals surface area contributed by atoms with Gasteiger partial charge in [-0.15, -0.1) is 0 Å². The molecule has 1 aliphatic heterocycles. The summed E-state index contributed by atoms with van der Waals surface area (Å²) in [5.41, 5.74) is 0. The first-order valence-electron chi connectivity index (χ1n) is 6.54. The molecule has 0 bridgehead atoms. The molecule has 1 unspecified atom stereocenters. The van der Waals surface area contributed by atoms with E-state index in [1.165, 1.54) is 6.42 Å². The van der Waals surface area contributed by atoms with Crippen LogP contribution in [0.3, 0.4) is 0 Å². The molecule has 0 saturated carbocycles. The molecule has 1 amide bonds. The summed E-state index contributed by atoms with van der Waals surface area (Å²) in [4.78, 5) is 18.1. The number of hydrogen-bond donors (Lipinski definition) is 0. The minimum atomic E-state index is 0.138. The molecule has 0 spiro atoms. The van der Waals surface area contributed by atoms with Crippen LogP contribution in [0.4, 0.5) is 0 Å².